The minimum Gasteiger partial charge on any atom is -0.392 e. The van der Waals surface area contributed by atoms with Crippen LogP contribution in [0.3, 0.4) is 0 Å². The highest BCUT2D eigenvalue weighted by molar-refractivity contribution is 5.96. The van der Waals surface area contributed by atoms with E-state index in [9.17, 15) is 14.7 Å². The summed E-state index contributed by atoms with van der Waals surface area (Å²) in [6, 6.07) is 19.6. The number of aromatic nitrogens is 3. The third-order valence-corrected chi connectivity index (χ3v) is 7.79. The minimum absolute atomic E-state index is 0.0413. The van der Waals surface area contributed by atoms with Crippen molar-refractivity contribution < 1.29 is 14.7 Å². The molecule has 1 fully saturated rings. The van der Waals surface area contributed by atoms with E-state index < -0.39 is 6.10 Å². The molecular weight excluding hydrogens is 492 g/mol. The van der Waals surface area contributed by atoms with Crippen LogP contribution in [0.4, 0.5) is 11.5 Å². The summed E-state index contributed by atoms with van der Waals surface area (Å²) in [7, 11) is 0. The van der Waals surface area contributed by atoms with Gasteiger partial charge in [0, 0.05) is 56.0 Å². The fraction of sp³-hybridized carbons (Fsp3) is 0.333. The number of anilines is 2. The fourth-order valence-corrected chi connectivity index (χ4v) is 5.59. The molecule has 0 bridgehead atoms. The van der Waals surface area contributed by atoms with Gasteiger partial charge >= 0.3 is 0 Å². The van der Waals surface area contributed by atoms with Gasteiger partial charge in [-0.05, 0) is 49.6 Å². The van der Waals surface area contributed by atoms with E-state index >= 15 is 0 Å². The molecule has 1 aliphatic heterocycles. The number of hydrogen-bond donors (Lipinski definition) is 3. The SMILES string of the molecule is CC(=O)NCCN(c1cccc(C(=O)N2CCC(c3ccccc3)(C(C)O)CC2)c1)c1ncnc2[nH]ccc12. The number of rotatable bonds is 8. The van der Waals surface area contributed by atoms with Gasteiger partial charge in [-0.3, -0.25) is 9.59 Å². The second-order valence-corrected chi connectivity index (χ2v) is 10.1. The smallest absolute Gasteiger partial charge is 0.253 e. The van der Waals surface area contributed by atoms with Crippen LogP contribution in [0.5, 0.6) is 0 Å². The van der Waals surface area contributed by atoms with Crippen molar-refractivity contribution in [3.8, 4) is 0 Å². The Morgan fingerprint density at radius 3 is 2.59 bits per heavy atom. The lowest BCUT2D eigenvalue weighted by molar-refractivity contribution is -0.118. The second-order valence-electron chi connectivity index (χ2n) is 10.1. The molecular formula is C30H34N6O3. The fourth-order valence-electron chi connectivity index (χ4n) is 5.59. The number of fused-ring (bicyclic) bond motifs is 1. The molecule has 1 aliphatic rings. The normalized spacial score (nSPS) is 15.6. The molecule has 202 valence electrons. The lowest BCUT2D eigenvalue weighted by atomic mass is 9.69. The topological polar surface area (TPSA) is 114 Å². The second kappa shape index (κ2) is 11.2. The van der Waals surface area contributed by atoms with Gasteiger partial charge in [0.05, 0.1) is 11.5 Å². The van der Waals surface area contributed by atoms with Crippen LogP contribution in [0.15, 0.2) is 73.2 Å². The van der Waals surface area contributed by atoms with Gasteiger partial charge in [-0.1, -0.05) is 36.4 Å². The van der Waals surface area contributed by atoms with Crippen molar-refractivity contribution in [2.45, 2.75) is 38.2 Å². The predicted octanol–water partition coefficient (Wildman–Crippen LogP) is 3.79. The molecule has 0 spiro atoms. The number of carbonyl (C=O) groups excluding carboxylic acids is 2. The molecule has 1 unspecified atom stereocenters. The molecule has 2 aromatic carbocycles. The first-order valence-corrected chi connectivity index (χ1v) is 13.3. The number of nitrogens with zero attached hydrogens (tertiary/aromatic N) is 4. The number of carbonyl (C=O) groups is 2. The number of amides is 2. The summed E-state index contributed by atoms with van der Waals surface area (Å²) < 4.78 is 0. The van der Waals surface area contributed by atoms with Gasteiger partial charge in [-0.2, -0.15) is 0 Å². The molecule has 9 nitrogen and oxygen atoms in total. The Morgan fingerprint density at radius 2 is 1.87 bits per heavy atom. The average Bonchev–Trinajstić information content (AvgIpc) is 3.45. The van der Waals surface area contributed by atoms with E-state index in [1.54, 1.807) is 0 Å². The standard InChI is InChI=1S/C30H34N6O3/c1-21(37)30(24-8-4-3-5-9-24)12-16-35(17-13-30)29(39)23-7-6-10-25(19-23)36(18-15-31-22(2)38)28-26-11-14-32-27(26)33-20-34-28/h3-11,14,19-21,37H,12-13,15-18H2,1-2H3,(H,31,38)(H,32,33,34). The molecule has 5 rings (SSSR count). The van der Waals surface area contributed by atoms with Gasteiger partial charge in [-0.15, -0.1) is 0 Å². The highest BCUT2D eigenvalue weighted by Crippen LogP contribution is 2.39. The molecule has 3 heterocycles. The number of aliphatic hydroxyl groups is 1. The van der Waals surface area contributed by atoms with Gasteiger partial charge in [0.15, 0.2) is 0 Å². The lowest BCUT2D eigenvalue weighted by Crippen LogP contribution is -2.50. The molecule has 39 heavy (non-hydrogen) atoms. The quantitative estimate of drug-likeness (QED) is 0.322. The van der Waals surface area contributed by atoms with E-state index in [0.29, 0.717) is 56.0 Å². The Morgan fingerprint density at radius 1 is 1.10 bits per heavy atom. The summed E-state index contributed by atoms with van der Waals surface area (Å²) >= 11 is 0. The average molecular weight is 527 g/mol. The van der Waals surface area contributed by atoms with Crippen LogP contribution in [0, 0.1) is 0 Å². The number of piperidine rings is 1. The molecule has 9 heteroatoms. The number of likely N-dealkylation sites (tertiary alicyclic amines) is 1. The van der Waals surface area contributed by atoms with E-state index in [1.165, 1.54) is 13.3 Å². The molecule has 0 aliphatic carbocycles. The molecule has 1 atom stereocenters. The van der Waals surface area contributed by atoms with Crippen LogP contribution in [0.25, 0.3) is 11.0 Å². The molecule has 0 saturated carbocycles. The van der Waals surface area contributed by atoms with Crippen LogP contribution in [0.1, 0.15) is 42.6 Å². The Kier molecular flexibility index (Phi) is 7.60. The highest BCUT2D eigenvalue weighted by Gasteiger charge is 2.41. The maximum atomic E-state index is 13.7. The van der Waals surface area contributed by atoms with Crippen molar-refractivity contribution in [3.63, 3.8) is 0 Å². The van der Waals surface area contributed by atoms with Crippen molar-refractivity contribution in [1.29, 1.82) is 0 Å². The predicted molar refractivity (Wildman–Crippen MR) is 151 cm³/mol. The number of benzene rings is 2. The number of aromatic amines is 1. The first-order valence-electron chi connectivity index (χ1n) is 13.3. The summed E-state index contributed by atoms with van der Waals surface area (Å²) in [4.78, 5) is 41.0. The largest absolute Gasteiger partial charge is 0.392 e. The third-order valence-electron chi connectivity index (χ3n) is 7.79. The van der Waals surface area contributed by atoms with Crippen LogP contribution >= 0.6 is 0 Å². The van der Waals surface area contributed by atoms with Gasteiger partial charge in [0.25, 0.3) is 5.91 Å². The van der Waals surface area contributed by atoms with E-state index in [2.05, 4.69) is 32.4 Å². The van der Waals surface area contributed by atoms with Gasteiger partial charge < -0.3 is 25.2 Å². The first-order chi connectivity index (χ1) is 18.9. The molecule has 1 saturated heterocycles. The summed E-state index contributed by atoms with van der Waals surface area (Å²) in [5.41, 5.74) is 2.85. The summed E-state index contributed by atoms with van der Waals surface area (Å²) in [5, 5.41) is 14.4. The van der Waals surface area contributed by atoms with Crippen LogP contribution in [-0.4, -0.2) is 69.1 Å². The molecule has 4 aromatic rings. The van der Waals surface area contributed by atoms with Gasteiger partial charge in [0.2, 0.25) is 5.91 Å². The maximum absolute atomic E-state index is 13.7. The number of H-pyrrole nitrogens is 1. The van der Waals surface area contributed by atoms with Crippen LogP contribution < -0.4 is 10.2 Å². The number of aliphatic hydroxyl groups excluding tert-OH is 1. The Bertz CT molecular complexity index is 1440. The van der Waals surface area contributed by atoms with Crippen molar-refractivity contribution in [3.05, 3.63) is 84.3 Å². The number of hydrogen-bond acceptors (Lipinski definition) is 6. The van der Waals surface area contributed by atoms with E-state index in [4.69, 9.17) is 0 Å². The molecule has 0 radical (unpaired) electrons. The Hall–Kier alpha value is -4.24. The van der Waals surface area contributed by atoms with Crippen LogP contribution in [0.2, 0.25) is 0 Å². The Balaban J connectivity index is 1.39. The van der Waals surface area contributed by atoms with Gasteiger partial charge in [0.1, 0.15) is 17.8 Å². The molecule has 3 N–H and O–H groups in total. The molecule has 2 amide bonds. The summed E-state index contributed by atoms with van der Waals surface area (Å²) in [6.45, 7) is 5.33. The summed E-state index contributed by atoms with van der Waals surface area (Å²) in [6.07, 6.45) is 4.18. The Labute approximate surface area is 227 Å². The van der Waals surface area contributed by atoms with Crippen LogP contribution in [-0.2, 0) is 10.2 Å². The summed E-state index contributed by atoms with van der Waals surface area (Å²) in [5.74, 6) is 0.543. The monoisotopic (exact) mass is 526 g/mol. The molecule has 2 aromatic heterocycles. The first kappa shape index (κ1) is 26.4. The van der Waals surface area contributed by atoms with E-state index in [1.807, 2.05) is 71.5 Å². The zero-order valence-corrected chi connectivity index (χ0v) is 22.3. The van der Waals surface area contributed by atoms with E-state index in [-0.39, 0.29) is 17.2 Å². The third kappa shape index (κ3) is 5.35. The zero-order chi connectivity index (χ0) is 27.4. The van der Waals surface area contributed by atoms with Gasteiger partial charge in [-0.25, -0.2) is 9.97 Å². The van der Waals surface area contributed by atoms with Crippen molar-refractivity contribution in [2.24, 2.45) is 0 Å². The zero-order valence-electron chi connectivity index (χ0n) is 22.3. The minimum atomic E-state index is -0.518. The maximum Gasteiger partial charge on any atom is 0.253 e. The van der Waals surface area contributed by atoms with Crippen molar-refractivity contribution in [1.82, 2.24) is 25.2 Å². The van der Waals surface area contributed by atoms with E-state index in [0.717, 1.165) is 16.6 Å². The highest BCUT2D eigenvalue weighted by atomic mass is 16.3. The lowest BCUT2D eigenvalue weighted by Gasteiger charge is -2.44. The van der Waals surface area contributed by atoms with Crippen molar-refractivity contribution in [2.75, 3.05) is 31.1 Å². The van der Waals surface area contributed by atoms with Crippen molar-refractivity contribution >= 4 is 34.4 Å². The number of nitrogens with one attached hydrogen (secondary N) is 2.